The molecule has 0 radical (unpaired) electrons. The highest BCUT2D eigenvalue weighted by Crippen LogP contribution is 2.43. The van der Waals surface area contributed by atoms with Gasteiger partial charge in [0, 0.05) is 10.4 Å². The molecular weight excluding hydrogens is 543 g/mol. The van der Waals surface area contributed by atoms with E-state index in [1.807, 2.05) is 0 Å². The third-order valence-corrected chi connectivity index (χ3v) is 8.07. The molecule has 38 heavy (non-hydrogen) atoms. The van der Waals surface area contributed by atoms with Crippen LogP contribution in [0.5, 0.6) is 0 Å². The van der Waals surface area contributed by atoms with Crippen molar-refractivity contribution in [1.82, 2.24) is 14.7 Å². The molecule has 0 spiro atoms. The van der Waals surface area contributed by atoms with Gasteiger partial charge in [-0.15, -0.1) is 0 Å². The van der Waals surface area contributed by atoms with E-state index < -0.39 is 34.4 Å². The lowest BCUT2D eigenvalue weighted by Crippen LogP contribution is -2.57. The number of aromatic nitrogens is 2. The van der Waals surface area contributed by atoms with Crippen molar-refractivity contribution in [1.29, 1.82) is 0 Å². The smallest absolute Gasteiger partial charge is 0.416 e. The average Bonchev–Trinajstić information content (AvgIpc) is 3.39. The predicted octanol–water partition coefficient (Wildman–Crippen LogP) is 6.58. The van der Waals surface area contributed by atoms with Gasteiger partial charge in [0.25, 0.3) is 11.1 Å². The molecule has 5 rings (SSSR count). The van der Waals surface area contributed by atoms with Crippen LogP contribution in [-0.2, 0) is 22.3 Å². The van der Waals surface area contributed by atoms with Crippen LogP contribution in [0.4, 0.5) is 18.0 Å². The van der Waals surface area contributed by atoms with Crippen molar-refractivity contribution in [3.63, 3.8) is 0 Å². The van der Waals surface area contributed by atoms with Crippen molar-refractivity contribution < 1.29 is 32.7 Å². The fourth-order valence-corrected chi connectivity index (χ4v) is 6.17. The van der Waals surface area contributed by atoms with E-state index in [1.54, 1.807) is 18.2 Å². The maximum Gasteiger partial charge on any atom is 0.416 e. The first-order valence-electron chi connectivity index (χ1n) is 11.8. The van der Waals surface area contributed by atoms with Crippen LogP contribution < -0.4 is 0 Å². The first kappa shape index (κ1) is 26.3. The molecule has 2 amide bonds. The first-order chi connectivity index (χ1) is 18.0. The quantitative estimate of drug-likeness (QED) is 0.352. The molecule has 1 aliphatic heterocycles. The van der Waals surface area contributed by atoms with E-state index in [0.717, 1.165) is 17.4 Å². The summed E-state index contributed by atoms with van der Waals surface area (Å²) in [4.78, 5) is 39.1. The average molecular weight is 564 g/mol. The van der Waals surface area contributed by atoms with Gasteiger partial charge in [0.15, 0.2) is 0 Å². The number of aliphatic carboxylic acids is 1. The molecule has 2 heterocycles. The van der Waals surface area contributed by atoms with E-state index in [0.29, 0.717) is 41.1 Å². The molecule has 2 fully saturated rings. The molecule has 12 heteroatoms. The lowest BCUT2D eigenvalue weighted by Gasteiger charge is -2.38. The second-order valence-electron chi connectivity index (χ2n) is 9.33. The van der Waals surface area contributed by atoms with Crippen molar-refractivity contribution in [2.45, 2.75) is 50.4 Å². The fourth-order valence-electron chi connectivity index (χ4n) is 5.09. The lowest BCUT2D eigenvalue weighted by atomic mass is 9.80. The van der Waals surface area contributed by atoms with Gasteiger partial charge in [0.2, 0.25) is 0 Å². The van der Waals surface area contributed by atoms with Gasteiger partial charge in [-0.2, -0.15) is 18.3 Å². The van der Waals surface area contributed by atoms with E-state index in [-0.39, 0.29) is 34.9 Å². The third kappa shape index (κ3) is 4.69. The third-order valence-electron chi connectivity index (χ3n) is 6.96. The van der Waals surface area contributed by atoms with E-state index in [2.05, 4.69) is 5.10 Å². The highest BCUT2D eigenvalue weighted by Gasteiger charge is 2.54. The van der Waals surface area contributed by atoms with Gasteiger partial charge in [-0.25, -0.2) is 4.79 Å². The summed E-state index contributed by atoms with van der Waals surface area (Å²) in [6, 6.07) is 8.63. The highest BCUT2D eigenvalue weighted by molar-refractivity contribution is 8.18. The summed E-state index contributed by atoms with van der Waals surface area (Å²) >= 11 is 6.48. The number of alkyl halides is 3. The normalized spacial score (nSPS) is 19.1. The van der Waals surface area contributed by atoms with E-state index in [4.69, 9.17) is 11.6 Å². The Morgan fingerprint density at radius 1 is 1.13 bits per heavy atom. The topological polar surface area (TPSA) is 92.5 Å². The molecule has 1 N–H and O–H groups in total. The molecular formula is C26H21ClF3N3O4S. The van der Waals surface area contributed by atoms with Gasteiger partial charge < -0.3 is 5.11 Å². The number of rotatable bonds is 5. The van der Waals surface area contributed by atoms with Crippen molar-refractivity contribution in [3.05, 3.63) is 69.2 Å². The summed E-state index contributed by atoms with van der Waals surface area (Å²) in [5.41, 5.74) is -1.21. The van der Waals surface area contributed by atoms with Crippen molar-refractivity contribution in [3.8, 4) is 0 Å². The summed E-state index contributed by atoms with van der Waals surface area (Å²) in [7, 11) is 0. The van der Waals surface area contributed by atoms with Crippen LogP contribution in [0.1, 0.15) is 48.8 Å². The van der Waals surface area contributed by atoms with Crippen LogP contribution >= 0.6 is 23.4 Å². The van der Waals surface area contributed by atoms with Crippen LogP contribution in [0.2, 0.25) is 5.02 Å². The molecule has 7 nitrogen and oxygen atoms in total. The number of fused-ring (bicyclic) bond motifs is 1. The Morgan fingerprint density at radius 3 is 2.55 bits per heavy atom. The molecule has 198 valence electrons. The van der Waals surface area contributed by atoms with Crippen LogP contribution in [0.15, 0.2) is 47.5 Å². The Kier molecular flexibility index (Phi) is 6.77. The Labute approximate surface area is 224 Å². The van der Waals surface area contributed by atoms with Crippen molar-refractivity contribution in [2.75, 3.05) is 0 Å². The minimum atomic E-state index is -4.57. The second kappa shape index (κ2) is 9.77. The zero-order valence-electron chi connectivity index (χ0n) is 19.8. The van der Waals surface area contributed by atoms with Gasteiger partial charge in [0.1, 0.15) is 5.54 Å². The van der Waals surface area contributed by atoms with Gasteiger partial charge in [-0.05, 0) is 66.1 Å². The Balaban J connectivity index is 1.42. The fraction of sp³-hybridized carbons (Fsp3) is 0.308. The minimum Gasteiger partial charge on any atom is -0.479 e. The number of hydrogen-bond acceptors (Lipinski definition) is 5. The summed E-state index contributed by atoms with van der Waals surface area (Å²) in [6.07, 6.45) is 0.984. The Bertz CT molecular complexity index is 1490. The van der Waals surface area contributed by atoms with E-state index in [9.17, 15) is 32.7 Å². The van der Waals surface area contributed by atoms with Gasteiger partial charge in [-0.3, -0.25) is 19.2 Å². The van der Waals surface area contributed by atoms with Crippen LogP contribution in [0.25, 0.3) is 17.0 Å². The van der Waals surface area contributed by atoms with Gasteiger partial charge in [0.05, 0.1) is 28.7 Å². The molecule has 0 atom stereocenters. The molecule has 2 aromatic carbocycles. The minimum absolute atomic E-state index is 0.0136. The van der Waals surface area contributed by atoms with Crippen molar-refractivity contribution >= 4 is 57.5 Å². The Hall–Kier alpha value is -3.31. The van der Waals surface area contributed by atoms with Gasteiger partial charge in [-0.1, -0.05) is 43.0 Å². The predicted molar refractivity (Wildman–Crippen MR) is 137 cm³/mol. The number of carboxylic acids is 1. The molecule has 1 saturated carbocycles. The molecule has 0 unspecified atom stereocenters. The monoisotopic (exact) mass is 563 g/mol. The van der Waals surface area contributed by atoms with Gasteiger partial charge >= 0.3 is 12.1 Å². The van der Waals surface area contributed by atoms with Crippen LogP contribution in [-0.4, -0.2) is 42.4 Å². The number of nitrogens with zero attached hydrogens (tertiary/aromatic N) is 3. The number of carboxylic acid groups (broad SMARTS) is 1. The van der Waals surface area contributed by atoms with Crippen LogP contribution in [0, 0.1) is 0 Å². The number of halogens is 4. The summed E-state index contributed by atoms with van der Waals surface area (Å²) in [5, 5.41) is 14.1. The summed E-state index contributed by atoms with van der Waals surface area (Å²) in [6.45, 7) is -0.134. The highest BCUT2D eigenvalue weighted by atomic mass is 35.5. The number of benzene rings is 2. The number of carbonyl (C=O) groups is 3. The number of hydrogen-bond donors (Lipinski definition) is 1. The number of thioether (sulfide) groups is 1. The summed E-state index contributed by atoms with van der Waals surface area (Å²) in [5.74, 6) is -1.81. The zero-order valence-corrected chi connectivity index (χ0v) is 21.4. The summed E-state index contributed by atoms with van der Waals surface area (Å²) < 4.78 is 42.0. The molecule has 1 saturated heterocycles. The largest absolute Gasteiger partial charge is 0.479 e. The molecule has 1 aromatic heterocycles. The SMILES string of the molecule is O=C1SC(=Cc2ccc3c(cnn3Cc3ccc(Cl)cc3C(F)(F)F)c2)C(=O)N1C1(C(=O)O)CCCCC1. The van der Waals surface area contributed by atoms with Crippen LogP contribution in [0.3, 0.4) is 0 Å². The van der Waals surface area contributed by atoms with E-state index in [1.165, 1.54) is 29.1 Å². The maximum absolute atomic E-state index is 13.5. The first-order valence-corrected chi connectivity index (χ1v) is 13.0. The molecule has 1 aliphatic carbocycles. The molecule has 2 aliphatic rings. The second-order valence-corrected chi connectivity index (χ2v) is 10.8. The molecule has 3 aromatic rings. The number of carbonyl (C=O) groups excluding carboxylic acids is 2. The van der Waals surface area contributed by atoms with Crippen molar-refractivity contribution in [2.24, 2.45) is 0 Å². The Morgan fingerprint density at radius 2 is 1.87 bits per heavy atom. The number of imide groups is 1. The number of amides is 2. The standard InChI is InChI=1S/C26H21ClF3N3O4S/c27-18-6-5-16(19(12-18)26(28,29)30)14-32-20-7-4-15(10-17(20)13-31-32)11-21-22(34)33(24(37)38-21)25(23(35)36)8-2-1-3-9-25/h4-7,10-13H,1-3,8-9,14H2,(H,35,36). The zero-order chi connectivity index (χ0) is 27.2. The molecule has 0 bridgehead atoms. The van der Waals surface area contributed by atoms with E-state index >= 15 is 0 Å². The maximum atomic E-state index is 13.5. The lowest BCUT2D eigenvalue weighted by molar-refractivity contribution is -0.156.